The van der Waals surface area contributed by atoms with Gasteiger partial charge in [-0.1, -0.05) is 5.16 Å². The van der Waals surface area contributed by atoms with Crippen molar-refractivity contribution in [3.63, 3.8) is 0 Å². The fourth-order valence-electron chi connectivity index (χ4n) is 1.55. The van der Waals surface area contributed by atoms with Crippen molar-refractivity contribution in [2.24, 2.45) is 0 Å². The standard InChI is InChI=1S/C10H13N7O3/c1-3-11-9-8(17(18)19)10(14-5-13-9)12-4-7-15-6(2)16-20-7/h5H,3-4H2,1-2H3,(H2,11,12,13,14). The lowest BCUT2D eigenvalue weighted by molar-refractivity contribution is -0.383. The highest BCUT2D eigenvalue weighted by Crippen LogP contribution is 2.28. The zero-order chi connectivity index (χ0) is 14.5. The number of hydrogen-bond donors (Lipinski definition) is 2. The fourth-order valence-corrected chi connectivity index (χ4v) is 1.55. The molecule has 106 valence electrons. The second-order valence-corrected chi connectivity index (χ2v) is 3.80. The van der Waals surface area contributed by atoms with Crippen LogP contribution in [0.15, 0.2) is 10.9 Å². The predicted octanol–water partition coefficient (Wildman–Crippen LogP) is 1.12. The number of nitrogens with zero attached hydrogens (tertiary/aromatic N) is 5. The third kappa shape index (κ3) is 2.96. The number of nitrogens with one attached hydrogen (secondary N) is 2. The highest BCUT2D eigenvalue weighted by atomic mass is 16.6. The molecule has 2 aromatic heterocycles. The van der Waals surface area contributed by atoms with Crippen LogP contribution in [0.1, 0.15) is 18.6 Å². The second-order valence-electron chi connectivity index (χ2n) is 3.80. The van der Waals surface area contributed by atoms with Crippen LogP contribution in [0.5, 0.6) is 0 Å². The van der Waals surface area contributed by atoms with Gasteiger partial charge in [0.1, 0.15) is 6.33 Å². The van der Waals surface area contributed by atoms with Crippen LogP contribution in [-0.4, -0.2) is 31.6 Å². The van der Waals surface area contributed by atoms with Gasteiger partial charge in [0.2, 0.25) is 17.5 Å². The fraction of sp³-hybridized carbons (Fsp3) is 0.400. The topological polar surface area (TPSA) is 132 Å². The zero-order valence-electron chi connectivity index (χ0n) is 11.0. The molecule has 10 heteroatoms. The normalized spacial score (nSPS) is 10.3. The van der Waals surface area contributed by atoms with Crippen LogP contribution in [0, 0.1) is 17.0 Å². The maximum absolute atomic E-state index is 11.1. The van der Waals surface area contributed by atoms with E-state index in [0.717, 1.165) is 0 Å². The lowest BCUT2D eigenvalue weighted by atomic mass is 10.4. The van der Waals surface area contributed by atoms with Gasteiger partial charge >= 0.3 is 5.69 Å². The van der Waals surface area contributed by atoms with E-state index in [2.05, 4.69) is 30.7 Å². The summed E-state index contributed by atoms with van der Waals surface area (Å²) in [6, 6.07) is 0. The second kappa shape index (κ2) is 5.91. The molecule has 0 amide bonds. The Balaban J connectivity index is 2.22. The van der Waals surface area contributed by atoms with E-state index in [9.17, 15) is 10.1 Å². The number of hydrogen-bond acceptors (Lipinski definition) is 9. The molecule has 0 aliphatic carbocycles. The van der Waals surface area contributed by atoms with Crippen LogP contribution in [0.2, 0.25) is 0 Å². The van der Waals surface area contributed by atoms with E-state index in [0.29, 0.717) is 18.3 Å². The van der Waals surface area contributed by atoms with Crippen LogP contribution in [0.3, 0.4) is 0 Å². The van der Waals surface area contributed by atoms with Crippen molar-refractivity contribution in [2.45, 2.75) is 20.4 Å². The average Bonchev–Trinajstić information content (AvgIpc) is 2.82. The summed E-state index contributed by atoms with van der Waals surface area (Å²) in [7, 11) is 0. The first-order chi connectivity index (χ1) is 9.61. The summed E-state index contributed by atoms with van der Waals surface area (Å²) in [6.07, 6.45) is 1.24. The Bertz CT molecular complexity index is 613. The summed E-state index contributed by atoms with van der Waals surface area (Å²) in [6.45, 7) is 4.16. The van der Waals surface area contributed by atoms with Crippen molar-refractivity contribution in [3.8, 4) is 0 Å². The van der Waals surface area contributed by atoms with E-state index >= 15 is 0 Å². The van der Waals surface area contributed by atoms with Gasteiger partial charge in [0.25, 0.3) is 0 Å². The van der Waals surface area contributed by atoms with Crippen molar-refractivity contribution < 1.29 is 9.45 Å². The molecule has 0 fully saturated rings. The lowest BCUT2D eigenvalue weighted by Gasteiger charge is -2.07. The van der Waals surface area contributed by atoms with E-state index < -0.39 is 4.92 Å². The molecule has 0 saturated carbocycles. The molecule has 2 rings (SSSR count). The van der Waals surface area contributed by atoms with E-state index in [1.54, 1.807) is 6.92 Å². The van der Waals surface area contributed by atoms with Gasteiger partial charge in [0.15, 0.2) is 5.82 Å². The highest BCUT2D eigenvalue weighted by molar-refractivity contribution is 5.69. The maximum atomic E-state index is 11.1. The molecule has 0 saturated heterocycles. The van der Waals surface area contributed by atoms with Crippen molar-refractivity contribution in [1.29, 1.82) is 0 Å². The van der Waals surface area contributed by atoms with Gasteiger partial charge in [-0.25, -0.2) is 9.97 Å². The highest BCUT2D eigenvalue weighted by Gasteiger charge is 2.22. The molecule has 0 bridgehead atoms. The molecule has 0 radical (unpaired) electrons. The Morgan fingerprint density at radius 3 is 2.60 bits per heavy atom. The van der Waals surface area contributed by atoms with Crippen molar-refractivity contribution in [2.75, 3.05) is 17.2 Å². The molecule has 2 aromatic rings. The van der Waals surface area contributed by atoms with Crippen molar-refractivity contribution in [1.82, 2.24) is 20.1 Å². The van der Waals surface area contributed by atoms with Crippen LogP contribution >= 0.6 is 0 Å². The van der Waals surface area contributed by atoms with Crippen molar-refractivity contribution >= 4 is 17.3 Å². The zero-order valence-corrected chi connectivity index (χ0v) is 11.0. The summed E-state index contributed by atoms with van der Waals surface area (Å²) in [4.78, 5) is 22.3. The molecule has 0 unspecified atom stereocenters. The van der Waals surface area contributed by atoms with Crippen molar-refractivity contribution in [3.05, 3.63) is 28.2 Å². The van der Waals surface area contributed by atoms with E-state index in [-0.39, 0.29) is 23.9 Å². The number of rotatable bonds is 6. The molecule has 0 aliphatic heterocycles. The average molecular weight is 279 g/mol. The minimum Gasteiger partial charge on any atom is -0.364 e. The predicted molar refractivity (Wildman–Crippen MR) is 69.2 cm³/mol. The van der Waals surface area contributed by atoms with Gasteiger partial charge < -0.3 is 15.2 Å². The third-order valence-electron chi connectivity index (χ3n) is 2.33. The number of aryl methyl sites for hydroxylation is 1. The van der Waals surface area contributed by atoms with Gasteiger partial charge in [-0.15, -0.1) is 0 Å². The van der Waals surface area contributed by atoms with Gasteiger partial charge in [-0.3, -0.25) is 10.1 Å². The molecule has 0 spiro atoms. The van der Waals surface area contributed by atoms with E-state index in [1.807, 2.05) is 6.92 Å². The van der Waals surface area contributed by atoms with E-state index in [1.165, 1.54) is 6.33 Å². The molecule has 0 atom stereocenters. The molecule has 10 nitrogen and oxygen atoms in total. The summed E-state index contributed by atoms with van der Waals surface area (Å²) in [5.41, 5.74) is -0.217. The first kappa shape index (κ1) is 13.6. The van der Waals surface area contributed by atoms with Gasteiger partial charge in [0, 0.05) is 6.54 Å². The van der Waals surface area contributed by atoms with Gasteiger partial charge in [0.05, 0.1) is 11.5 Å². The largest absolute Gasteiger partial charge is 0.364 e. The number of aromatic nitrogens is 4. The summed E-state index contributed by atoms with van der Waals surface area (Å²) in [5.74, 6) is 1.07. The molecule has 20 heavy (non-hydrogen) atoms. The minimum absolute atomic E-state index is 0.0943. The SMILES string of the molecule is CCNc1ncnc(NCc2nc(C)no2)c1[N+](=O)[O-]. The number of nitro groups is 1. The first-order valence-corrected chi connectivity index (χ1v) is 5.88. The minimum atomic E-state index is -0.542. The quantitative estimate of drug-likeness (QED) is 0.589. The summed E-state index contributed by atoms with van der Waals surface area (Å²) >= 11 is 0. The van der Waals surface area contributed by atoms with E-state index in [4.69, 9.17) is 4.52 Å². The smallest absolute Gasteiger partial charge is 0.353 e. The lowest BCUT2D eigenvalue weighted by Crippen LogP contribution is -2.09. The maximum Gasteiger partial charge on any atom is 0.353 e. The van der Waals surface area contributed by atoms with Gasteiger partial charge in [-0.05, 0) is 13.8 Å². The Hall–Kier alpha value is -2.78. The molecule has 0 aliphatic rings. The summed E-state index contributed by atoms with van der Waals surface area (Å²) < 4.78 is 4.91. The molecular weight excluding hydrogens is 266 g/mol. The summed E-state index contributed by atoms with van der Waals surface area (Å²) in [5, 5.41) is 20.4. The van der Waals surface area contributed by atoms with Crippen LogP contribution in [-0.2, 0) is 6.54 Å². The Morgan fingerprint density at radius 2 is 2.05 bits per heavy atom. The number of anilines is 2. The van der Waals surface area contributed by atoms with Crippen LogP contribution < -0.4 is 10.6 Å². The van der Waals surface area contributed by atoms with Crippen LogP contribution in [0.4, 0.5) is 17.3 Å². The molecule has 0 aromatic carbocycles. The molecular formula is C10H13N7O3. The van der Waals surface area contributed by atoms with Gasteiger partial charge in [-0.2, -0.15) is 4.98 Å². The molecule has 2 N–H and O–H groups in total. The Morgan fingerprint density at radius 1 is 1.35 bits per heavy atom. The monoisotopic (exact) mass is 279 g/mol. The Labute approximate surface area is 113 Å². The third-order valence-corrected chi connectivity index (χ3v) is 2.33. The first-order valence-electron chi connectivity index (χ1n) is 5.88. The Kier molecular flexibility index (Phi) is 4.03. The van der Waals surface area contributed by atoms with Crippen LogP contribution in [0.25, 0.3) is 0 Å². The molecule has 2 heterocycles.